The van der Waals surface area contributed by atoms with Gasteiger partial charge in [0.15, 0.2) is 10.6 Å². The predicted octanol–water partition coefficient (Wildman–Crippen LogP) is 4.15. The lowest BCUT2D eigenvalue weighted by atomic mass is 10.1. The van der Waals surface area contributed by atoms with Gasteiger partial charge < -0.3 is 16.0 Å². The Labute approximate surface area is 192 Å². The predicted molar refractivity (Wildman–Crippen MR) is 128 cm³/mol. The highest BCUT2D eigenvalue weighted by molar-refractivity contribution is 7.71. The zero-order valence-electron chi connectivity index (χ0n) is 18.4. The molecule has 8 nitrogen and oxygen atoms in total. The number of aryl methyl sites for hydroxylation is 1. The van der Waals surface area contributed by atoms with E-state index in [0.29, 0.717) is 29.4 Å². The number of amides is 3. The maximum absolute atomic E-state index is 12.4. The molecule has 0 unspecified atom stereocenters. The van der Waals surface area contributed by atoms with Crippen LogP contribution in [0.4, 0.5) is 10.5 Å². The van der Waals surface area contributed by atoms with Crippen molar-refractivity contribution >= 4 is 29.8 Å². The number of aromatic nitrogens is 3. The number of carbonyl (C=O) groups is 2. The molecule has 0 fully saturated rings. The van der Waals surface area contributed by atoms with E-state index in [0.717, 1.165) is 16.7 Å². The van der Waals surface area contributed by atoms with Gasteiger partial charge in [0.05, 0.1) is 0 Å². The van der Waals surface area contributed by atoms with Gasteiger partial charge >= 0.3 is 6.03 Å². The Morgan fingerprint density at radius 2 is 1.78 bits per heavy atom. The fraction of sp³-hybridized carbons (Fsp3) is 0.304. The van der Waals surface area contributed by atoms with Crippen molar-refractivity contribution in [1.82, 2.24) is 25.4 Å². The number of nitrogens with one attached hydrogen (secondary N) is 4. The molecule has 1 heterocycles. The topological polar surface area (TPSA) is 104 Å². The highest BCUT2D eigenvalue weighted by Crippen LogP contribution is 2.18. The smallest absolute Gasteiger partial charge is 0.319 e. The van der Waals surface area contributed by atoms with Gasteiger partial charge in [-0.2, -0.15) is 5.10 Å². The number of rotatable bonds is 8. The number of nitrogens with zero attached hydrogens (tertiary/aromatic N) is 2. The van der Waals surface area contributed by atoms with Gasteiger partial charge in [-0.3, -0.25) is 14.5 Å². The Bertz CT molecular complexity index is 1120. The lowest BCUT2D eigenvalue weighted by molar-refractivity contribution is -0.121. The maximum atomic E-state index is 12.4. The number of carbonyl (C=O) groups excluding carboxylic acids is 2. The molecule has 0 aliphatic carbocycles. The molecule has 0 radical (unpaired) electrons. The zero-order valence-corrected chi connectivity index (χ0v) is 19.3. The van der Waals surface area contributed by atoms with Crippen LogP contribution in [0, 0.1) is 11.7 Å². The first-order valence-electron chi connectivity index (χ1n) is 10.5. The normalized spacial score (nSPS) is 10.8. The van der Waals surface area contributed by atoms with Gasteiger partial charge in [-0.1, -0.05) is 42.0 Å². The van der Waals surface area contributed by atoms with Gasteiger partial charge in [-0.15, -0.1) is 0 Å². The van der Waals surface area contributed by atoms with Gasteiger partial charge in [0.25, 0.3) is 0 Å². The Hall–Kier alpha value is -3.46. The van der Waals surface area contributed by atoms with Gasteiger partial charge in [-0.25, -0.2) is 4.79 Å². The highest BCUT2D eigenvalue weighted by Gasteiger charge is 2.11. The van der Waals surface area contributed by atoms with E-state index in [4.69, 9.17) is 12.2 Å². The summed E-state index contributed by atoms with van der Waals surface area (Å²) in [6.07, 6.45) is 0.279. The first-order chi connectivity index (χ1) is 15.3. The molecule has 168 valence electrons. The van der Waals surface area contributed by atoms with Crippen LogP contribution in [0.15, 0.2) is 48.5 Å². The van der Waals surface area contributed by atoms with E-state index >= 15 is 0 Å². The maximum Gasteiger partial charge on any atom is 0.319 e. The summed E-state index contributed by atoms with van der Waals surface area (Å²) in [7, 11) is 0. The summed E-state index contributed by atoms with van der Waals surface area (Å²) >= 11 is 5.34. The van der Waals surface area contributed by atoms with E-state index in [1.165, 1.54) is 0 Å². The van der Waals surface area contributed by atoms with E-state index in [9.17, 15) is 9.59 Å². The van der Waals surface area contributed by atoms with Gasteiger partial charge in [-0.05, 0) is 50.7 Å². The summed E-state index contributed by atoms with van der Waals surface area (Å²) in [5.74, 6) is 0.633. The molecule has 2 aromatic carbocycles. The molecule has 3 amide bonds. The van der Waals surface area contributed by atoms with Crippen LogP contribution >= 0.6 is 12.2 Å². The minimum Gasteiger partial charge on any atom is -0.352 e. The fourth-order valence-electron chi connectivity index (χ4n) is 3.09. The third-order valence-electron chi connectivity index (χ3n) is 4.75. The summed E-state index contributed by atoms with van der Waals surface area (Å²) in [6, 6.07) is 15.2. The Kier molecular flexibility index (Phi) is 7.77. The largest absolute Gasteiger partial charge is 0.352 e. The molecule has 0 saturated carbocycles. The van der Waals surface area contributed by atoms with Crippen LogP contribution in [-0.2, 0) is 17.9 Å². The van der Waals surface area contributed by atoms with Crippen LogP contribution in [-0.4, -0.2) is 32.7 Å². The Morgan fingerprint density at radius 3 is 2.44 bits per heavy atom. The number of hydrogen-bond acceptors (Lipinski definition) is 4. The molecule has 3 rings (SSSR count). The molecule has 0 bridgehead atoms. The number of aromatic amines is 1. The van der Waals surface area contributed by atoms with E-state index in [1.807, 2.05) is 61.7 Å². The molecule has 9 heteroatoms. The number of anilines is 1. The van der Waals surface area contributed by atoms with Crippen LogP contribution in [0.2, 0.25) is 0 Å². The second kappa shape index (κ2) is 10.7. The molecule has 4 N–H and O–H groups in total. The van der Waals surface area contributed by atoms with E-state index < -0.39 is 0 Å². The number of hydrogen-bond donors (Lipinski definition) is 4. The van der Waals surface area contributed by atoms with Crippen molar-refractivity contribution in [2.75, 3.05) is 5.32 Å². The molecule has 0 atom stereocenters. The molecule has 3 aromatic rings. The fourth-order valence-corrected chi connectivity index (χ4v) is 3.31. The summed E-state index contributed by atoms with van der Waals surface area (Å²) in [4.78, 5) is 24.1. The van der Waals surface area contributed by atoms with Crippen molar-refractivity contribution in [3.05, 3.63) is 64.4 Å². The van der Waals surface area contributed by atoms with Crippen molar-refractivity contribution in [2.24, 2.45) is 0 Å². The average Bonchev–Trinajstić information content (AvgIpc) is 3.12. The number of urea groups is 1. The van der Waals surface area contributed by atoms with Crippen molar-refractivity contribution in [3.8, 4) is 11.4 Å². The molecule has 0 aliphatic rings. The Morgan fingerprint density at radius 1 is 1.09 bits per heavy atom. The lowest BCUT2D eigenvalue weighted by Crippen LogP contribution is -2.34. The van der Waals surface area contributed by atoms with Crippen LogP contribution < -0.4 is 16.0 Å². The summed E-state index contributed by atoms with van der Waals surface area (Å²) in [5.41, 5.74) is 3.74. The summed E-state index contributed by atoms with van der Waals surface area (Å²) in [6.45, 7) is 6.65. The second-order valence-electron chi connectivity index (χ2n) is 7.85. The number of benzene rings is 2. The van der Waals surface area contributed by atoms with Gasteiger partial charge in [0, 0.05) is 36.8 Å². The van der Waals surface area contributed by atoms with Crippen LogP contribution in [0.5, 0.6) is 0 Å². The van der Waals surface area contributed by atoms with Gasteiger partial charge in [0.1, 0.15) is 0 Å². The molecule has 0 aliphatic heterocycles. The molecular weight excluding hydrogens is 424 g/mol. The second-order valence-corrected chi connectivity index (χ2v) is 8.23. The minimum absolute atomic E-state index is 0.0643. The lowest BCUT2D eigenvalue weighted by Gasteiger charge is -2.11. The molecule has 0 spiro atoms. The minimum atomic E-state index is -0.246. The van der Waals surface area contributed by atoms with Crippen LogP contribution in [0.1, 0.15) is 31.4 Å². The number of H-pyrrole nitrogens is 1. The third kappa shape index (κ3) is 6.52. The van der Waals surface area contributed by atoms with Crippen LogP contribution in [0.3, 0.4) is 0 Å². The summed E-state index contributed by atoms with van der Waals surface area (Å²) in [5, 5.41) is 15.6. The Balaban J connectivity index is 1.51. The van der Waals surface area contributed by atoms with Crippen molar-refractivity contribution in [2.45, 2.75) is 46.3 Å². The van der Waals surface area contributed by atoms with Crippen LogP contribution in [0.25, 0.3) is 11.4 Å². The average molecular weight is 453 g/mol. The van der Waals surface area contributed by atoms with Crippen molar-refractivity contribution in [3.63, 3.8) is 0 Å². The third-order valence-corrected chi connectivity index (χ3v) is 5.06. The molecule has 1 aromatic heterocycles. The first kappa shape index (κ1) is 23.2. The van der Waals surface area contributed by atoms with Crippen molar-refractivity contribution in [1.29, 1.82) is 0 Å². The standard InChI is InChI=1S/C23H28N6O2S/c1-15(2)25-22(31)26-19-10-6-17(7-11-19)14-24-20(30)12-13-29-21(27-28-23(29)32)18-8-4-16(3)5-9-18/h4-11,15H,12-14H2,1-3H3,(H,24,30)(H,28,32)(H2,25,26,31). The SMILES string of the molecule is Cc1ccc(-c2n[nH]c(=S)n2CCC(=O)NCc2ccc(NC(=O)NC(C)C)cc2)cc1. The summed E-state index contributed by atoms with van der Waals surface area (Å²) < 4.78 is 2.32. The van der Waals surface area contributed by atoms with E-state index in [-0.39, 0.29) is 24.4 Å². The van der Waals surface area contributed by atoms with E-state index in [1.54, 1.807) is 12.1 Å². The van der Waals surface area contributed by atoms with Gasteiger partial charge in [0.2, 0.25) is 5.91 Å². The van der Waals surface area contributed by atoms with Crippen molar-refractivity contribution < 1.29 is 9.59 Å². The monoisotopic (exact) mass is 452 g/mol. The first-order valence-corrected chi connectivity index (χ1v) is 10.9. The molecule has 32 heavy (non-hydrogen) atoms. The molecule has 0 saturated heterocycles. The van der Waals surface area contributed by atoms with E-state index in [2.05, 4.69) is 26.1 Å². The highest BCUT2D eigenvalue weighted by atomic mass is 32.1. The molecular formula is C23H28N6O2S. The quantitative estimate of drug-likeness (QED) is 0.385. The zero-order chi connectivity index (χ0) is 23.1.